The molecule has 142 valence electrons. The van der Waals surface area contributed by atoms with Crippen molar-refractivity contribution in [2.75, 3.05) is 26.4 Å². The predicted octanol–water partition coefficient (Wildman–Crippen LogP) is 2.48. The van der Waals surface area contributed by atoms with Gasteiger partial charge in [-0.1, -0.05) is 30.3 Å². The highest BCUT2D eigenvalue weighted by atomic mass is 16.8. The largest absolute Gasteiger partial charge is 0.394 e. The molecule has 3 rings (SSSR count). The Morgan fingerprint density at radius 1 is 0.960 bits per heavy atom. The fraction of sp³-hybridized carbons (Fsp3) is 0.684. The first-order valence-electron chi connectivity index (χ1n) is 8.66. The summed E-state index contributed by atoms with van der Waals surface area (Å²) in [6.45, 7) is 9.88. The number of ether oxygens (including phenoxy) is 5. The van der Waals surface area contributed by atoms with Crippen LogP contribution in [0.25, 0.3) is 0 Å². The second kappa shape index (κ2) is 9.07. The van der Waals surface area contributed by atoms with E-state index in [1.165, 1.54) is 5.56 Å². The minimum atomic E-state index is -0.493. The Bertz CT molecular complexity index is 502. The third kappa shape index (κ3) is 7.40. The first kappa shape index (κ1) is 20.3. The van der Waals surface area contributed by atoms with E-state index >= 15 is 0 Å². The summed E-state index contributed by atoms with van der Waals surface area (Å²) in [7, 11) is 0. The smallest absolute Gasteiger partial charge is 0.163 e. The molecule has 2 aliphatic heterocycles. The van der Waals surface area contributed by atoms with E-state index in [1.54, 1.807) is 0 Å². The van der Waals surface area contributed by atoms with Gasteiger partial charge in [-0.3, -0.25) is 0 Å². The predicted molar refractivity (Wildman–Crippen MR) is 93.0 cm³/mol. The Hall–Kier alpha value is -1.02. The van der Waals surface area contributed by atoms with E-state index in [0.717, 1.165) is 0 Å². The molecular weight excluding hydrogens is 324 g/mol. The van der Waals surface area contributed by atoms with Gasteiger partial charge >= 0.3 is 0 Å². The topological polar surface area (TPSA) is 66.4 Å². The van der Waals surface area contributed by atoms with Crippen LogP contribution in [-0.2, 0) is 30.3 Å². The number of aliphatic hydroxyl groups is 1. The van der Waals surface area contributed by atoms with E-state index in [-0.39, 0.29) is 18.8 Å². The zero-order valence-electron chi connectivity index (χ0n) is 15.6. The first-order chi connectivity index (χ1) is 11.8. The van der Waals surface area contributed by atoms with Gasteiger partial charge in [0.25, 0.3) is 0 Å². The van der Waals surface area contributed by atoms with Crippen molar-refractivity contribution in [1.82, 2.24) is 0 Å². The van der Waals surface area contributed by atoms with Crippen molar-refractivity contribution < 1.29 is 28.8 Å². The summed E-state index contributed by atoms with van der Waals surface area (Å²) in [5, 5.41) is 8.59. The molecule has 25 heavy (non-hydrogen) atoms. The maximum atomic E-state index is 8.59. The third-order valence-corrected chi connectivity index (χ3v) is 3.75. The van der Waals surface area contributed by atoms with E-state index in [2.05, 4.69) is 12.1 Å². The second-order valence-corrected chi connectivity index (χ2v) is 7.08. The molecule has 0 radical (unpaired) electrons. The van der Waals surface area contributed by atoms with Gasteiger partial charge in [-0.2, -0.15) is 0 Å². The fourth-order valence-electron chi connectivity index (χ4n) is 2.58. The normalized spacial score (nSPS) is 26.9. The Balaban J connectivity index is 0.000000212. The van der Waals surface area contributed by atoms with Crippen LogP contribution in [0, 0.1) is 0 Å². The van der Waals surface area contributed by atoms with Crippen LogP contribution in [0.3, 0.4) is 0 Å². The van der Waals surface area contributed by atoms with Crippen molar-refractivity contribution in [2.45, 2.75) is 58.1 Å². The summed E-state index contributed by atoms with van der Waals surface area (Å²) in [4.78, 5) is 0. The summed E-state index contributed by atoms with van der Waals surface area (Å²) in [5.41, 5.74) is 1.18. The summed E-state index contributed by atoms with van der Waals surface area (Å²) in [5.74, 6) is -0.950. The molecule has 2 heterocycles. The molecule has 2 fully saturated rings. The summed E-state index contributed by atoms with van der Waals surface area (Å²) in [6, 6.07) is 10.1. The van der Waals surface area contributed by atoms with Crippen molar-refractivity contribution in [1.29, 1.82) is 0 Å². The maximum Gasteiger partial charge on any atom is 0.163 e. The highest BCUT2D eigenvalue weighted by Crippen LogP contribution is 2.22. The first-order valence-corrected chi connectivity index (χ1v) is 8.66. The van der Waals surface area contributed by atoms with Crippen LogP contribution in [-0.4, -0.2) is 55.3 Å². The maximum absolute atomic E-state index is 8.59. The number of aliphatic hydroxyl groups excluding tert-OH is 1. The van der Waals surface area contributed by atoms with Crippen LogP contribution in [0.2, 0.25) is 0 Å². The van der Waals surface area contributed by atoms with Crippen LogP contribution in [0.4, 0.5) is 0 Å². The van der Waals surface area contributed by atoms with Gasteiger partial charge in [-0.25, -0.2) is 0 Å². The highest BCUT2D eigenvalue weighted by molar-refractivity contribution is 5.13. The number of hydrogen-bond acceptors (Lipinski definition) is 6. The van der Waals surface area contributed by atoms with Gasteiger partial charge in [-0.05, 0) is 33.3 Å². The molecule has 1 aromatic rings. The summed E-state index contributed by atoms with van der Waals surface area (Å²) in [6.07, 6.45) is -0.0706. The molecular formula is C19H30O6. The molecule has 0 aliphatic carbocycles. The van der Waals surface area contributed by atoms with Crippen molar-refractivity contribution in [3.05, 3.63) is 35.9 Å². The molecule has 0 saturated carbocycles. The van der Waals surface area contributed by atoms with Gasteiger partial charge in [0.15, 0.2) is 11.6 Å². The van der Waals surface area contributed by atoms with Crippen molar-refractivity contribution in [3.8, 4) is 0 Å². The molecule has 2 aliphatic rings. The monoisotopic (exact) mass is 354 g/mol. The zero-order valence-corrected chi connectivity index (χ0v) is 15.6. The molecule has 2 saturated heterocycles. The Morgan fingerprint density at radius 3 is 1.96 bits per heavy atom. The van der Waals surface area contributed by atoms with Gasteiger partial charge in [0.1, 0.15) is 12.2 Å². The molecule has 1 N–H and O–H groups in total. The highest BCUT2D eigenvalue weighted by Gasteiger charge is 2.33. The van der Waals surface area contributed by atoms with Gasteiger partial charge in [-0.15, -0.1) is 0 Å². The Labute approximate surface area is 150 Å². The second-order valence-electron chi connectivity index (χ2n) is 7.08. The molecule has 6 heteroatoms. The number of benzene rings is 1. The molecule has 0 spiro atoms. The van der Waals surface area contributed by atoms with Crippen molar-refractivity contribution >= 4 is 0 Å². The minimum Gasteiger partial charge on any atom is -0.394 e. The number of hydrogen-bond donors (Lipinski definition) is 1. The quantitative estimate of drug-likeness (QED) is 0.876. The van der Waals surface area contributed by atoms with Crippen LogP contribution >= 0.6 is 0 Å². The average Bonchev–Trinajstić information content (AvgIpc) is 3.10. The third-order valence-electron chi connectivity index (χ3n) is 3.75. The number of rotatable bonds is 5. The van der Waals surface area contributed by atoms with E-state index < -0.39 is 11.6 Å². The van der Waals surface area contributed by atoms with Gasteiger partial charge in [0.2, 0.25) is 0 Å². The van der Waals surface area contributed by atoms with Crippen molar-refractivity contribution in [3.63, 3.8) is 0 Å². The van der Waals surface area contributed by atoms with Crippen molar-refractivity contribution in [2.24, 2.45) is 0 Å². The molecule has 0 amide bonds. The van der Waals surface area contributed by atoms with E-state index in [4.69, 9.17) is 28.8 Å². The summed E-state index contributed by atoms with van der Waals surface area (Å²) >= 11 is 0. The van der Waals surface area contributed by atoms with E-state index in [0.29, 0.717) is 26.4 Å². The SMILES string of the molecule is CC1(C)OCC(CO)O1.CC1(C)OCC(COCc2ccccc2)O1. The molecule has 0 bridgehead atoms. The molecule has 1 aromatic carbocycles. The van der Waals surface area contributed by atoms with Crippen LogP contribution in [0.15, 0.2) is 30.3 Å². The Morgan fingerprint density at radius 2 is 1.52 bits per heavy atom. The van der Waals surface area contributed by atoms with Crippen LogP contribution < -0.4 is 0 Å². The lowest BCUT2D eigenvalue weighted by atomic mass is 10.2. The van der Waals surface area contributed by atoms with E-state index in [9.17, 15) is 0 Å². The molecule has 2 atom stereocenters. The standard InChI is InChI=1S/C13H18O3.C6H12O3/c1-13(2)15-10-12(16-13)9-14-8-11-6-4-3-5-7-11;1-6(2)8-4-5(3-7)9-6/h3-7,12H,8-10H2,1-2H3;5,7H,3-4H2,1-2H3. The van der Waals surface area contributed by atoms with Gasteiger partial charge < -0.3 is 28.8 Å². The van der Waals surface area contributed by atoms with Crippen LogP contribution in [0.5, 0.6) is 0 Å². The van der Waals surface area contributed by atoms with Crippen LogP contribution in [0.1, 0.15) is 33.3 Å². The molecule has 2 unspecified atom stereocenters. The Kier molecular flexibility index (Phi) is 7.37. The molecule has 6 nitrogen and oxygen atoms in total. The average molecular weight is 354 g/mol. The fourth-order valence-corrected chi connectivity index (χ4v) is 2.58. The minimum absolute atomic E-state index is 0.0451. The lowest BCUT2D eigenvalue weighted by Gasteiger charge is -2.17. The van der Waals surface area contributed by atoms with E-state index in [1.807, 2.05) is 45.9 Å². The molecule has 0 aromatic heterocycles. The van der Waals surface area contributed by atoms with Gasteiger partial charge in [0, 0.05) is 0 Å². The van der Waals surface area contributed by atoms with Gasteiger partial charge in [0.05, 0.1) is 33.0 Å². The lowest BCUT2D eigenvalue weighted by Crippen LogP contribution is -2.23. The lowest BCUT2D eigenvalue weighted by molar-refractivity contribution is -0.145. The zero-order chi connectivity index (χ0) is 18.3. The summed E-state index contributed by atoms with van der Waals surface area (Å²) < 4.78 is 27.1.